The summed E-state index contributed by atoms with van der Waals surface area (Å²) in [7, 11) is 0. The summed E-state index contributed by atoms with van der Waals surface area (Å²) in [6.45, 7) is 2.41. The van der Waals surface area contributed by atoms with Crippen molar-refractivity contribution in [2.75, 3.05) is 18.0 Å². The van der Waals surface area contributed by atoms with Crippen LogP contribution >= 0.6 is 11.8 Å². The second-order valence-electron chi connectivity index (χ2n) is 3.22. The zero-order chi connectivity index (χ0) is 12.8. The van der Waals surface area contributed by atoms with Crippen molar-refractivity contribution in [1.82, 2.24) is 5.32 Å². The Morgan fingerprint density at radius 1 is 1.59 bits per heavy atom. The van der Waals surface area contributed by atoms with Crippen LogP contribution in [-0.4, -0.2) is 23.1 Å². The lowest BCUT2D eigenvalue weighted by molar-refractivity contribution is -0.384. The highest BCUT2D eigenvalue weighted by molar-refractivity contribution is 8.00. The summed E-state index contributed by atoms with van der Waals surface area (Å²) in [6, 6.07) is 4.22. The minimum atomic E-state index is -0.505. The van der Waals surface area contributed by atoms with E-state index in [4.69, 9.17) is 5.73 Å². The summed E-state index contributed by atoms with van der Waals surface area (Å²) < 4.78 is 0. The molecule has 0 fully saturated rings. The number of nitrogens with two attached hydrogens (primary N) is 1. The van der Waals surface area contributed by atoms with Crippen molar-refractivity contribution in [3.05, 3.63) is 28.3 Å². The second kappa shape index (κ2) is 6.09. The van der Waals surface area contributed by atoms with Gasteiger partial charge in [-0.3, -0.25) is 14.9 Å². The van der Waals surface area contributed by atoms with E-state index >= 15 is 0 Å². The molecule has 6 nitrogen and oxygen atoms in total. The highest BCUT2D eigenvalue weighted by Gasteiger charge is 2.10. The quantitative estimate of drug-likeness (QED) is 0.358. The predicted molar refractivity (Wildman–Crippen MR) is 66.9 cm³/mol. The number of non-ortho nitro benzene ring substituents is 1. The number of hydrogen-bond acceptors (Lipinski definition) is 5. The zero-order valence-electron chi connectivity index (χ0n) is 9.30. The maximum Gasteiger partial charge on any atom is 0.271 e. The van der Waals surface area contributed by atoms with Crippen LogP contribution in [0.2, 0.25) is 0 Å². The number of nitrogens with zero attached hydrogens (tertiary/aromatic N) is 1. The van der Waals surface area contributed by atoms with E-state index in [1.807, 2.05) is 6.92 Å². The van der Waals surface area contributed by atoms with Crippen LogP contribution in [0.15, 0.2) is 23.1 Å². The number of nitrogen functional groups attached to an aromatic ring is 1. The molecule has 1 aromatic carbocycles. The number of nitrogens with one attached hydrogen (secondary N) is 1. The summed E-state index contributed by atoms with van der Waals surface area (Å²) >= 11 is 1.26. The highest BCUT2D eigenvalue weighted by Crippen LogP contribution is 2.28. The third-order valence-corrected chi connectivity index (χ3v) is 3.03. The number of benzene rings is 1. The summed E-state index contributed by atoms with van der Waals surface area (Å²) in [6.07, 6.45) is 0. The zero-order valence-corrected chi connectivity index (χ0v) is 10.1. The van der Waals surface area contributed by atoms with Crippen LogP contribution in [0.1, 0.15) is 6.92 Å². The van der Waals surface area contributed by atoms with Crippen LogP contribution in [0.3, 0.4) is 0 Å². The second-order valence-corrected chi connectivity index (χ2v) is 4.24. The molecule has 0 saturated carbocycles. The van der Waals surface area contributed by atoms with Gasteiger partial charge in [0.15, 0.2) is 0 Å². The van der Waals surface area contributed by atoms with Gasteiger partial charge in [0.25, 0.3) is 5.69 Å². The van der Waals surface area contributed by atoms with E-state index in [-0.39, 0.29) is 17.3 Å². The smallest absolute Gasteiger partial charge is 0.271 e. The summed E-state index contributed by atoms with van der Waals surface area (Å²) in [5, 5.41) is 13.2. The molecular weight excluding hydrogens is 242 g/mol. The monoisotopic (exact) mass is 255 g/mol. The highest BCUT2D eigenvalue weighted by atomic mass is 32.2. The van der Waals surface area contributed by atoms with Gasteiger partial charge >= 0.3 is 0 Å². The Labute approximate surface area is 103 Å². The molecule has 7 heteroatoms. The van der Waals surface area contributed by atoms with Crippen LogP contribution in [0.4, 0.5) is 11.4 Å². The van der Waals surface area contributed by atoms with E-state index in [2.05, 4.69) is 5.32 Å². The van der Waals surface area contributed by atoms with Crippen molar-refractivity contribution in [2.45, 2.75) is 11.8 Å². The fourth-order valence-corrected chi connectivity index (χ4v) is 1.95. The first kappa shape index (κ1) is 13.3. The minimum Gasteiger partial charge on any atom is -0.398 e. The number of amides is 1. The lowest BCUT2D eigenvalue weighted by Gasteiger charge is -2.05. The van der Waals surface area contributed by atoms with Gasteiger partial charge in [0, 0.05) is 23.6 Å². The van der Waals surface area contributed by atoms with E-state index in [1.165, 1.54) is 23.9 Å². The third-order valence-electron chi connectivity index (χ3n) is 1.94. The SMILES string of the molecule is CCNC(=O)CSc1ccc([N+](=O)[O-])cc1N. The van der Waals surface area contributed by atoms with Crippen molar-refractivity contribution in [3.63, 3.8) is 0 Å². The predicted octanol–water partition coefficient (Wildman–Crippen LogP) is 1.41. The molecule has 0 aliphatic rings. The molecule has 3 N–H and O–H groups in total. The number of carbonyl (C=O) groups is 1. The Morgan fingerprint density at radius 3 is 2.82 bits per heavy atom. The van der Waals surface area contributed by atoms with E-state index in [0.29, 0.717) is 17.1 Å². The first-order valence-electron chi connectivity index (χ1n) is 4.98. The van der Waals surface area contributed by atoms with Crippen LogP contribution < -0.4 is 11.1 Å². The van der Waals surface area contributed by atoms with E-state index < -0.39 is 4.92 Å². The van der Waals surface area contributed by atoms with Gasteiger partial charge in [-0.05, 0) is 13.0 Å². The summed E-state index contributed by atoms with van der Waals surface area (Å²) in [5.74, 6) is 0.158. The summed E-state index contributed by atoms with van der Waals surface area (Å²) in [4.78, 5) is 21.9. The molecule has 0 aliphatic carbocycles. The molecule has 0 bridgehead atoms. The Bertz CT molecular complexity index is 437. The van der Waals surface area contributed by atoms with Crippen LogP contribution in [-0.2, 0) is 4.79 Å². The molecule has 0 aromatic heterocycles. The number of nitro groups is 1. The molecule has 1 amide bonds. The molecule has 0 saturated heterocycles. The molecule has 0 spiro atoms. The maximum atomic E-state index is 11.2. The van der Waals surface area contributed by atoms with Gasteiger partial charge in [-0.15, -0.1) is 11.8 Å². The molecule has 0 radical (unpaired) electrons. The molecule has 1 aromatic rings. The fraction of sp³-hybridized carbons (Fsp3) is 0.300. The van der Waals surface area contributed by atoms with Crippen molar-refractivity contribution in [3.8, 4) is 0 Å². The van der Waals surface area contributed by atoms with Crippen molar-refractivity contribution >= 4 is 29.0 Å². The van der Waals surface area contributed by atoms with E-state index in [1.54, 1.807) is 6.07 Å². The summed E-state index contributed by atoms with van der Waals surface area (Å²) in [5.41, 5.74) is 5.92. The maximum absolute atomic E-state index is 11.2. The van der Waals surface area contributed by atoms with Crippen molar-refractivity contribution in [1.29, 1.82) is 0 Å². The average Bonchev–Trinajstić information content (AvgIpc) is 2.27. The molecule has 0 aliphatic heterocycles. The lowest BCUT2D eigenvalue weighted by atomic mass is 10.3. The van der Waals surface area contributed by atoms with Gasteiger partial charge in [0.2, 0.25) is 5.91 Å². The molecule has 0 heterocycles. The number of nitro benzene ring substituents is 1. The van der Waals surface area contributed by atoms with Crippen LogP contribution in [0.25, 0.3) is 0 Å². The number of carbonyl (C=O) groups excluding carboxylic acids is 1. The molecule has 17 heavy (non-hydrogen) atoms. The van der Waals surface area contributed by atoms with Crippen molar-refractivity contribution < 1.29 is 9.72 Å². The topological polar surface area (TPSA) is 98.3 Å². The molecule has 0 atom stereocenters. The Kier molecular flexibility index (Phi) is 4.77. The number of hydrogen-bond donors (Lipinski definition) is 2. The van der Waals surface area contributed by atoms with Gasteiger partial charge in [-0.2, -0.15) is 0 Å². The Hall–Kier alpha value is -1.76. The number of thioether (sulfide) groups is 1. The van der Waals surface area contributed by atoms with Gasteiger partial charge in [-0.25, -0.2) is 0 Å². The average molecular weight is 255 g/mol. The first-order valence-corrected chi connectivity index (χ1v) is 5.96. The third kappa shape index (κ3) is 3.95. The van der Waals surface area contributed by atoms with Gasteiger partial charge in [-0.1, -0.05) is 0 Å². The molecule has 1 rings (SSSR count). The fourth-order valence-electron chi connectivity index (χ4n) is 1.17. The van der Waals surface area contributed by atoms with Gasteiger partial charge < -0.3 is 11.1 Å². The van der Waals surface area contributed by atoms with E-state index in [9.17, 15) is 14.9 Å². The largest absolute Gasteiger partial charge is 0.398 e. The van der Waals surface area contributed by atoms with Crippen LogP contribution in [0.5, 0.6) is 0 Å². The normalized spacial score (nSPS) is 9.94. The van der Waals surface area contributed by atoms with Crippen LogP contribution in [0, 0.1) is 10.1 Å². The first-order chi connectivity index (χ1) is 8.04. The number of rotatable bonds is 5. The Morgan fingerprint density at radius 2 is 2.29 bits per heavy atom. The standard InChI is InChI=1S/C10H13N3O3S/c1-2-12-10(14)6-17-9-4-3-7(13(15)16)5-8(9)11/h3-5H,2,6,11H2,1H3,(H,12,14). The van der Waals surface area contributed by atoms with E-state index in [0.717, 1.165) is 0 Å². The number of anilines is 1. The lowest BCUT2D eigenvalue weighted by Crippen LogP contribution is -2.24. The van der Waals surface area contributed by atoms with Gasteiger partial charge in [0.1, 0.15) is 0 Å². The Balaban J connectivity index is 2.66. The molecule has 92 valence electrons. The minimum absolute atomic E-state index is 0.0511. The molecule has 0 unspecified atom stereocenters. The van der Waals surface area contributed by atoms with Gasteiger partial charge in [0.05, 0.1) is 16.4 Å². The van der Waals surface area contributed by atoms with Crippen molar-refractivity contribution in [2.24, 2.45) is 0 Å². The molecular formula is C10H13N3O3S.